The molecule has 30 heavy (non-hydrogen) atoms. The highest BCUT2D eigenvalue weighted by Gasteiger charge is 2.30. The Labute approximate surface area is 180 Å². The molecule has 0 saturated carbocycles. The maximum Gasteiger partial charge on any atom is 0.279 e. The lowest BCUT2D eigenvalue weighted by Gasteiger charge is -2.32. The number of nitrogens with zero attached hydrogens (tertiary/aromatic N) is 3. The molecule has 1 fully saturated rings. The van der Waals surface area contributed by atoms with Crippen molar-refractivity contribution in [1.82, 2.24) is 8.87 Å². The molecular weight excluding hydrogens is 418 g/mol. The standard InChI is InChI=1S/C22H25N3O3S2/c1-15-7-6-9-19-20(15)24(3)22(29-19)23-21(26)17-10-12-18(13-11-17)30(27,28)25-14-5-4-8-16(25)2/h6-7,9-13,16H,4-5,8,14H2,1-3H3/t16-/m1/s1. The number of piperidine rings is 1. The van der Waals surface area contributed by atoms with Gasteiger partial charge in [0.2, 0.25) is 10.0 Å². The molecule has 0 radical (unpaired) electrons. The van der Waals surface area contributed by atoms with E-state index in [-0.39, 0.29) is 16.8 Å². The maximum atomic E-state index is 13.0. The number of carbonyl (C=O) groups excluding carboxylic acids is 1. The zero-order valence-electron chi connectivity index (χ0n) is 17.3. The minimum absolute atomic E-state index is 0.00326. The molecule has 2 aromatic carbocycles. The third kappa shape index (κ3) is 3.75. The van der Waals surface area contributed by atoms with Crippen molar-refractivity contribution in [3.63, 3.8) is 0 Å². The van der Waals surface area contributed by atoms with Crippen LogP contribution in [0, 0.1) is 6.92 Å². The lowest BCUT2D eigenvalue weighted by Crippen LogP contribution is -2.41. The van der Waals surface area contributed by atoms with Gasteiger partial charge in [-0.05, 0) is 62.6 Å². The molecule has 1 aliphatic heterocycles. The Bertz CT molecular complexity index is 1270. The van der Waals surface area contributed by atoms with Gasteiger partial charge in [0.15, 0.2) is 4.80 Å². The van der Waals surface area contributed by atoms with E-state index >= 15 is 0 Å². The minimum atomic E-state index is -3.55. The van der Waals surface area contributed by atoms with Crippen LogP contribution in [0.25, 0.3) is 10.2 Å². The van der Waals surface area contributed by atoms with Crippen molar-refractivity contribution < 1.29 is 13.2 Å². The average Bonchev–Trinajstić information content (AvgIpc) is 3.05. The monoisotopic (exact) mass is 443 g/mol. The number of benzene rings is 2. The van der Waals surface area contributed by atoms with Crippen molar-refractivity contribution in [2.45, 2.75) is 44.0 Å². The number of rotatable bonds is 3. The molecule has 1 saturated heterocycles. The first-order valence-electron chi connectivity index (χ1n) is 10.0. The van der Waals surface area contributed by atoms with Gasteiger partial charge in [-0.2, -0.15) is 9.30 Å². The predicted octanol–water partition coefficient (Wildman–Crippen LogP) is 3.85. The predicted molar refractivity (Wildman–Crippen MR) is 119 cm³/mol. The molecule has 0 aliphatic carbocycles. The Morgan fingerprint density at radius 1 is 1.13 bits per heavy atom. The number of thiazole rings is 1. The number of carbonyl (C=O) groups is 1. The Hall–Kier alpha value is -2.29. The van der Waals surface area contributed by atoms with E-state index in [0.717, 1.165) is 35.0 Å². The fourth-order valence-electron chi connectivity index (χ4n) is 3.99. The van der Waals surface area contributed by atoms with Crippen molar-refractivity contribution in [3.05, 3.63) is 58.4 Å². The van der Waals surface area contributed by atoms with Crippen molar-refractivity contribution >= 4 is 37.5 Å². The second-order valence-corrected chi connectivity index (χ2v) is 10.7. The van der Waals surface area contributed by atoms with Gasteiger partial charge in [0.25, 0.3) is 5.91 Å². The van der Waals surface area contributed by atoms with Gasteiger partial charge in [-0.15, -0.1) is 0 Å². The highest BCUT2D eigenvalue weighted by Crippen LogP contribution is 2.25. The fourth-order valence-corrected chi connectivity index (χ4v) is 6.78. The van der Waals surface area contributed by atoms with Gasteiger partial charge >= 0.3 is 0 Å². The average molecular weight is 444 g/mol. The van der Waals surface area contributed by atoms with Crippen LogP contribution in [0.15, 0.2) is 52.4 Å². The number of fused-ring (bicyclic) bond motifs is 1. The number of sulfonamides is 1. The zero-order valence-corrected chi connectivity index (χ0v) is 19.0. The number of aryl methyl sites for hydroxylation is 2. The molecule has 1 atom stereocenters. The highest BCUT2D eigenvalue weighted by molar-refractivity contribution is 7.89. The molecule has 0 N–H and O–H groups in total. The van der Waals surface area contributed by atoms with Crippen LogP contribution in [-0.2, 0) is 17.1 Å². The molecule has 0 spiro atoms. The smallest absolute Gasteiger partial charge is 0.279 e. The summed E-state index contributed by atoms with van der Waals surface area (Å²) >= 11 is 1.46. The van der Waals surface area contributed by atoms with Gasteiger partial charge in [0.1, 0.15) is 0 Å². The molecule has 3 aromatic rings. The van der Waals surface area contributed by atoms with Crippen LogP contribution in [0.4, 0.5) is 0 Å². The van der Waals surface area contributed by atoms with Gasteiger partial charge in [0.05, 0.1) is 15.1 Å². The third-order valence-electron chi connectivity index (χ3n) is 5.67. The maximum absolute atomic E-state index is 13.0. The van der Waals surface area contributed by atoms with Crippen LogP contribution in [-0.4, -0.2) is 35.8 Å². The first-order chi connectivity index (χ1) is 14.3. The van der Waals surface area contributed by atoms with E-state index in [4.69, 9.17) is 0 Å². The molecule has 8 heteroatoms. The zero-order chi connectivity index (χ0) is 21.5. The summed E-state index contributed by atoms with van der Waals surface area (Å²) in [6.45, 7) is 4.52. The summed E-state index contributed by atoms with van der Waals surface area (Å²) in [7, 11) is -1.66. The summed E-state index contributed by atoms with van der Waals surface area (Å²) in [5, 5.41) is 0. The van der Waals surface area contributed by atoms with Crippen molar-refractivity contribution in [3.8, 4) is 0 Å². The van der Waals surface area contributed by atoms with E-state index in [9.17, 15) is 13.2 Å². The van der Waals surface area contributed by atoms with Gasteiger partial charge in [-0.3, -0.25) is 4.79 Å². The van der Waals surface area contributed by atoms with Crippen LogP contribution in [0.3, 0.4) is 0 Å². The first-order valence-corrected chi connectivity index (χ1v) is 12.3. The highest BCUT2D eigenvalue weighted by atomic mass is 32.2. The first kappa shape index (κ1) is 21.0. The van der Waals surface area contributed by atoms with Crippen LogP contribution >= 0.6 is 11.3 Å². The summed E-state index contributed by atoms with van der Waals surface area (Å²) in [5.41, 5.74) is 2.56. The van der Waals surface area contributed by atoms with E-state index in [1.165, 1.54) is 23.5 Å². The summed E-state index contributed by atoms with van der Waals surface area (Å²) in [4.78, 5) is 17.8. The van der Waals surface area contributed by atoms with Crippen molar-refractivity contribution in [2.75, 3.05) is 6.54 Å². The molecule has 0 unspecified atom stereocenters. The molecule has 1 aromatic heterocycles. The topological polar surface area (TPSA) is 71.7 Å². The number of amides is 1. The van der Waals surface area contributed by atoms with Crippen LogP contribution in [0.5, 0.6) is 0 Å². The molecular formula is C22H25N3O3S2. The van der Waals surface area contributed by atoms with Crippen LogP contribution < -0.4 is 4.80 Å². The number of hydrogen-bond donors (Lipinski definition) is 0. The van der Waals surface area contributed by atoms with E-state index in [0.29, 0.717) is 16.9 Å². The molecule has 2 heterocycles. The Morgan fingerprint density at radius 2 is 1.87 bits per heavy atom. The molecule has 6 nitrogen and oxygen atoms in total. The molecule has 1 amide bonds. The quantitative estimate of drug-likeness (QED) is 0.617. The molecule has 1 aliphatic rings. The number of para-hydroxylation sites is 1. The second kappa shape index (κ2) is 8.09. The largest absolute Gasteiger partial charge is 0.319 e. The van der Waals surface area contributed by atoms with E-state index < -0.39 is 10.0 Å². The van der Waals surface area contributed by atoms with Gasteiger partial charge < -0.3 is 4.57 Å². The van der Waals surface area contributed by atoms with E-state index in [2.05, 4.69) is 4.99 Å². The SMILES string of the molecule is Cc1cccc2sc(=NC(=O)c3ccc(S(=O)(=O)N4CCCC[C@H]4C)cc3)n(C)c12. The molecule has 158 valence electrons. The summed E-state index contributed by atoms with van der Waals surface area (Å²) in [5.74, 6) is -0.384. The summed E-state index contributed by atoms with van der Waals surface area (Å²) < 4.78 is 30.5. The summed E-state index contributed by atoms with van der Waals surface area (Å²) in [6, 6.07) is 12.1. The van der Waals surface area contributed by atoms with Crippen molar-refractivity contribution in [2.24, 2.45) is 12.0 Å². The van der Waals surface area contributed by atoms with E-state index in [1.54, 1.807) is 16.4 Å². The Balaban J connectivity index is 1.63. The lowest BCUT2D eigenvalue weighted by atomic mass is 10.1. The molecule has 4 rings (SSSR count). The fraction of sp³-hybridized carbons (Fsp3) is 0.364. The van der Waals surface area contributed by atoms with Crippen LogP contribution in [0.1, 0.15) is 42.1 Å². The van der Waals surface area contributed by atoms with Crippen LogP contribution in [0.2, 0.25) is 0 Å². The number of aromatic nitrogens is 1. The van der Waals surface area contributed by atoms with Gasteiger partial charge in [0, 0.05) is 25.2 Å². The third-order valence-corrected chi connectivity index (χ3v) is 8.80. The Kier molecular flexibility index (Phi) is 5.65. The Morgan fingerprint density at radius 3 is 2.53 bits per heavy atom. The van der Waals surface area contributed by atoms with Gasteiger partial charge in [-0.25, -0.2) is 8.42 Å². The minimum Gasteiger partial charge on any atom is -0.319 e. The summed E-state index contributed by atoms with van der Waals surface area (Å²) in [6.07, 6.45) is 2.81. The molecule has 0 bridgehead atoms. The van der Waals surface area contributed by atoms with Crippen molar-refractivity contribution in [1.29, 1.82) is 0 Å². The van der Waals surface area contributed by atoms with Gasteiger partial charge in [-0.1, -0.05) is 29.9 Å². The number of hydrogen-bond acceptors (Lipinski definition) is 4. The normalized spacial score (nSPS) is 18.8. The lowest BCUT2D eigenvalue weighted by molar-refractivity contribution is 0.0998. The van der Waals surface area contributed by atoms with E-state index in [1.807, 2.05) is 43.7 Å². The second-order valence-electron chi connectivity index (χ2n) is 7.77.